The zero-order chi connectivity index (χ0) is 13.4. The first-order valence-electron chi connectivity index (χ1n) is 7.28. The Morgan fingerprint density at radius 1 is 1.37 bits per heavy atom. The Hall–Kier alpha value is -1.35. The van der Waals surface area contributed by atoms with E-state index in [0.29, 0.717) is 0 Å². The number of benzene rings is 1. The first kappa shape index (κ1) is 12.7. The van der Waals surface area contributed by atoms with Gasteiger partial charge in [0.15, 0.2) is 0 Å². The number of rotatable bonds is 2. The molecule has 1 aromatic carbocycles. The average molecular weight is 257 g/mol. The standard InChI is InChI=1S/C16H23N3/c1-11-7-12(2)16-14(8-11)19(3)15(18-16)9-13-5-4-6-17-10-13/h7-8,13,17H,4-6,9-10H2,1-3H3. The van der Waals surface area contributed by atoms with Gasteiger partial charge in [-0.1, -0.05) is 6.07 Å². The molecule has 0 aliphatic carbocycles. The van der Waals surface area contributed by atoms with Gasteiger partial charge < -0.3 is 9.88 Å². The summed E-state index contributed by atoms with van der Waals surface area (Å²) in [6.45, 7) is 6.64. The highest BCUT2D eigenvalue weighted by atomic mass is 15.1. The van der Waals surface area contributed by atoms with Crippen LogP contribution in [0.2, 0.25) is 0 Å². The second-order valence-corrected chi connectivity index (χ2v) is 5.95. The first-order valence-corrected chi connectivity index (χ1v) is 7.28. The van der Waals surface area contributed by atoms with E-state index in [1.165, 1.54) is 47.4 Å². The second-order valence-electron chi connectivity index (χ2n) is 5.95. The van der Waals surface area contributed by atoms with E-state index in [9.17, 15) is 0 Å². The van der Waals surface area contributed by atoms with E-state index in [-0.39, 0.29) is 0 Å². The fourth-order valence-corrected chi connectivity index (χ4v) is 3.22. The average Bonchev–Trinajstić information content (AvgIpc) is 2.69. The lowest BCUT2D eigenvalue weighted by Gasteiger charge is -2.22. The molecule has 1 fully saturated rings. The number of piperidine rings is 1. The van der Waals surface area contributed by atoms with Crippen LogP contribution in [-0.4, -0.2) is 22.6 Å². The molecule has 0 radical (unpaired) electrons. The molecule has 1 atom stereocenters. The second kappa shape index (κ2) is 4.97. The summed E-state index contributed by atoms with van der Waals surface area (Å²) in [4.78, 5) is 4.88. The number of aryl methyl sites for hydroxylation is 3. The molecule has 102 valence electrons. The van der Waals surface area contributed by atoms with Gasteiger partial charge in [0.25, 0.3) is 0 Å². The maximum atomic E-state index is 4.88. The number of nitrogens with one attached hydrogen (secondary N) is 1. The smallest absolute Gasteiger partial charge is 0.109 e. The van der Waals surface area contributed by atoms with Gasteiger partial charge in [0, 0.05) is 13.5 Å². The van der Waals surface area contributed by atoms with Gasteiger partial charge in [-0.25, -0.2) is 4.98 Å². The molecule has 2 aromatic rings. The Morgan fingerprint density at radius 2 is 2.21 bits per heavy atom. The molecule has 1 aromatic heterocycles. The first-order chi connectivity index (χ1) is 9.15. The van der Waals surface area contributed by atoms with Crippen molar-refractivity contribution in [2.45, 2.75) is 33.1 Å². The molecular formula is C16H23N3. The summed E-state index contributed by atoms with van der Waals surface area (Å²) >= 11 is 0. The molecular weight excluding hydrogens is 234 g/mol. The van der Waals surface area contributed by atoms with Gasteiger partial charge in [-0.3, -0.25) is 0 Å². The van der Waals surface area contributed by atoms with Crippen LogP contribution in [0, 0.1) is 19.8 Å². The minimum absolute atomic E-state index is 0.741. The summed E-state index contributed by atoms with van der Waals surface area (Å²) < 4.78 is 2.28. The number of hydrogen-bond acceptors (Lipinski definition) is 2. The fraction of sp³-hybridized carbons (Fsp3) is 0.562. The minimum Gasteiger partial charge on any atom is -0.331 e. The molecule has 1 aliphatic heterocycles. The summed E-state index contributed by atoms with van der Waals surface area (Å²) in [6.07, 6.45) is 3.72. The summed E-state index contributed by atoms with van der Waals surface area (Å²) in [6, 6.07) is 4.47. The molecule has 0 amide bonds. The van der Waals surface area contributed by atoms with Crippen LogP contribution in [0.5, 0.6) is 0 Å². The predicted molar refractivity (Wildman–Crippen MR) is 79.5 cm³/mol. The van der Waals surface area contributed by atoms with Crippen LogP contribution >= 0.6 is 0 Å². The van der Waals surface area contributed by atoms with Crippen LogP contribution in [0.4, 0.5) is 0 Å². The molecule has 0 spiro atoms. The molecule has 3 rings (SSSR count). The summed E-state index contributed by atoms with van der Waals surface area (Å²) in [7, 11) is 2.15. The summed E-state index contributed by atoms with van der Waals surface area (Å²) in [5.74, 6) is 1.98. The Kier molecular flexibility index (Phi) is 3.31. The molecule has 0 saturated carbocycles. The lowest BCUT2D eigenvalue weighted by molar-refractivity contribution is 0.368. The number of nitrogens with zero attached hydrogens (tertiary/aromatic N) is 2. The van der Waals surface area contributed by atoms with E-state index in [4.69, 9.17) is 4.98 Å². The topological polar surface area (TPSA) is 29.9 Å². The SMILES string of the molecule is Cc1cc(C)c2nc(CC3CCCNC3)n(C)c2c1. The van der Waals surface area contributed by atoms with Crippen LogP contribution in [0.25, 0.3) is 11.0 Å². The quantitative estimate of drug-likeness (QED) is 0.896. The summed E-state index contributed by atoms with van der Waals surface area (Å²) in [5, 5.41) is 3.49. The molecule has 1 saturated heterocycles. The lowest BCUT2D eigenvalue weighted by atomic mass is 9.96. The molecule has 1 aliphatic rings. The number of imidazole rings is 1. The third-order valence-corrected chi connectivity index (χ3v) is 4.28. The molecule has 1 unspecified atom stereocenters. The fourth-order valence-electron chi connectivity index (χ4n) is 3.22. The molecule has 0 bridgehead atoms. The van der Waals surface area contributed by atoms with Gasteiger partial charge in [-0.2, -0.15) is 0 Å². The maximum Gasteiger partial charge on any atom is 0.109 e. The summed E-state index contributed by atoms with van der Waals surface area (Å²) in [5.41, 5.74) is 5.06. The monoisotopic (exact) mass is 257 g/mol. The Bertz CT molecular complexity index is 592. The van der Waals surface area contributed by atoms with Gasteiger partial charge in [-0.05, 0) is 62.9 Å². The van der Waals surface area contributed by atoms with Crippen molar-refractivity contribution in [1.82, 2.24) is 14.9 Å². The van der Waals surface area contributed by atoms with Gasteiger partial charge in [0.05, 0.1) is 11.0 Å². The number of fused-ring (bicyclic) bond motifs is 1. The van der Waals surface area contributed by atoms with Crippen LogP contribution in [0.15, 0.2) is 12.1 Å². The van der Waals surface area contributed by atoms with Crippen molar-refractivity contribution >= 4 is 11.0 Å². The lowest BCUT2D eigenvalue weighted by Crippen LogP contribution is -2.31. The maximum absolute atomic E-state index is 4.88. The number of hydrogen-bond donors (Lipinski definition) is 1. The van der Waals surface area contributed by atoms with E-state index < -0.39 is 0 Å². The van der Waals surface area contributed by atoms with E-state index in [0.717, 1.165) is 18.9 Å². The Labute approximate surface area is 115 Å². The van der Waals surface area contributed by atoms with Crippen LogP contribution in [0.1, 0.15) is 29.8 Å². The van der Waals surface area contributed by atoms with Gasteiger partial charge in [-0.15, -0.1) is 0 Å². The normalized spacial score (nSPS) is 20.1. The third-order valence-electron chi connectivity index (χ3n) is 4.28. The number of aromatic nitrogens is 2. The molecule has 19 heavy (non-hydrogen) atoms. The molecule has 3 heteroatoms. The highest BCUT2D eigenvalue weighted by molar-refractivity contribution is 5.80. The van der Waals surface area contributed by atoms with Crippen molar-refractivity contribution in [2.75, 3.05) is 13.1 Å². The highest BCUT2D eigenvalue weighted by Crippen LogP contribution is 2.23. The van der Waals surface area contributed by atoms with Gasteiger partial charge in [0.2, 0.25) is 0 Å². The molecule has 1 N–H and O–H groups in total. The zero-order valence-electron chi connectivity index (χ0n) is 12.2. The van der Waals surface area contributed by atoms with Gasteiger partial charge >= 0.3 is 0 Å². The van der Waals surface area contributed by atoms with Crippen molar-refractivity contribution in [2.24, 2.45) is 13.0 Å². The highest BCUT2D eigenvalue weighted by Gasteiger charge is 2.17. The van der Waals surface area contributed by atoms with Crippen molar-refractivity contribution in [1.29, 1.82) is 0 Å². The minimum atomic E-state index is 0.741. The van der Waals surface area contributed by atoms with E-state index in [1.54, 1.807) is 0 Å². The predicted octanol–water partition coefficient (Wildman–Crippen LogP) is 2.73. The van der Waals surface area contributed by atoms with E-state index in [1.807, 2.05) is 0 Å². The van der Waals surface area contributed by atoms with Crippen molar-refractivity contribution < 1.29 is 0 Å². The molecule has 3 nitrogen and oxygen atoms in total. The molecule has 2 heterocycles. The van der Waals surface area contributed by atoms with Crippen LogP contribution in [0.3, 0.4) is 0 Å². The largest absolute Gasteiger partial charge is 0.331 e. The van der Waals surface area contributed by atoms with Gasteiger partial charge in [0.1, 0.15) is 5.82 Å². The zero-order valence-corrected chi connectivity index (χ0v) is 12.2. The van der Waals surface area contributed by atoms with Crippen LogP contribution in [-0.2, 0) is 13.5 Å². The van der Waals surface area contributed by atoms with Crippen molar-refractivity contribution in [3.63, 3.8) is 0 Å². The van der Waals surface area contributed by atoms with Crippen LogP contribution < -0.4 is 5.32 Å². The van der Waals surface area contributed by atoms with Crippen molar-refractivity contribution in [3.8, 4) is 0 Å². The Balaban J connectivity index is 1.95. The third kappa shape index (κ3) is 2.39. The van der Waals surface area contributed by atoms with E-state index >= 15 is 0 Å². The van der Waals surface area contributed by atoms with Crippen molar-refractivity contribution in [3.05, 3.63) is 29.1 Å². The Morgan fingerprint density at radius 3 is 2.95 bits per heavy atom. The van der Waals surface area contributed by atoms with E-state index in [2.05, 4.69) is 42.9 Å².